The maximum absolute atomic E-state index is 12.3. The van der Waals surface area contributed by atoms with Crippen LogP contribution in [0, 0.1) is 0 Å². The first-order valence-corrected chi connectivity index (χ1v) is 13.2. The number of unbranched alkanes of at least 4 members (excludes halogenated alkanes) is 7. The summed E-state index contributed by atoms with van der Waals surface area (Å²) >= 11 is 0. The fourth-order valence-corrected chi connectivity index (χ4v) is 4.42. The van der Waals surface area contributed by atoms with Crippen LogP contribution in [0.15, 0.2) is 42.5 Å². The second-order valence-corrected chi connectivity index (χ2v) is 10.5. The summed E-state index contributed by atoms with van der Waals surface area (Å²) in [5.41, 5.74) is 1.94. The van der Waals surface area contributed by atoms with E-state index in [9.17, 15) is 14.4 Å². The molecule has 0 spiro atoms. The molecule has 2 amide bonds. The van der Waals surface area contributed by atoms with E-state index < -0.39 is 11.5 Å². The van der Waals surface area contributed by atoms with Gasteiger partial charge in [0, 0.05) is 6.42 Å². The summed E-state index contributed by atoms with van der Waals surface area (Å²) in [5.74, 6) is 0.376. The third-order valence-corrected chi connectivity index (χ3v) is 6.09. The van der Waals surface area contributed by atoms with Crippen molar-refractivity contribution in [2.24, 2.45) is 0 Å². The summed E-state index contributed by atoms with van der Waals surface area (Å²) in [6, 6.07) is 13.3. The summed E-state index contributed by atoms with van der Waals surface area (Å²) in [6.07, 6.45) is 10.8. The van der Waals surface area contributed by atoms with Crippen LogP contribution in [0.5, 0.6) is 11.5 Å². The molecule has 1 heterocycles. The molecule has 194 valence electrons. The van der Waals surface area contributed by atoms with Crippen LogP contribution in [-0.4, -0.2) is 23.4 Å². The molecular weight excluding hydrogens is 454 g/mol. The van der Waals surface area contributed by atoms with Gasteiger partial charge in [-0.25, -0.2) is 0 Å². The fourth-order valence-electron chi connectivity index (χ4n) is 4.42. The van der Waals surface area contributed by atoms with Gasteiger partial charge in [-0.15, -0.1) is 0 Å². The van der Waals surface area contributed by atoms with Gasteiger partial charge in [-0.2, -0.15) is 0 Å². The highest BCUT2D eigenvalue weighted by Crippen LogP contribution is 2.30. The van der Waals surface area contributed by atoms with Gasteiger partial charge in [0.2, 0.25) is 5.91 Å². The molecule has 0 fully saturated rings. The molecule has 0 aromatic heterocycles. The number of benzene rings is 2. The maximum atomic E-state index is 12.3. The molecule has 0 atom stereocenters. The van der Waals surface area contributed by atoms with E-state index in [2.05, 4.69) is 11.4 Å². The lowest BCUT2D eigenvalue weighted by atomic mass is 9.99. The molecule has 6 nitrogen and oxygen atoms in total. The van der Waals surface area contributed by atoms with Crippen molar-refractivity contribution in [2.45, 2.75) is 97.0 Å². The SMILES string of the molecule is CC(C)(C)OC(=O)CCCCCCCCCCc1cccc(Oc2cccc3c2C(=O)NC(=O)C3)c1. The Morgan fingerprint density at radius 1 is 0.889 bits per heavy atom. The highest BCUT2D eigenvalue weighted by Gasteiger charge is 2.26. The molecule has 36 heavy (non-hydrogen) atoms. The van der Waals surface area contributed by atoms with E-state index in [1.54, 1.807) is 12.1 Å². The molecule has 0 bridgehead atoms. The van der Waals surface area contributed by atoms with Crippen LogP contribution >= 0.6 is 0 Å². The van der Waals surface area contributed by atoms with Gasteiger partial charge in [-0.05, 0) is 69.4 Å². The fraction of sp³-hybridized carbons (Fsp3) is 0.500. The highest BCUT2D eigenvalue weighted by molar-refractivity contribution is 6.11. The number of ether oxygens (including phenoxy) is 2. The summed E-state index contributed by atoms with van der Waals surface area (Å²) in [7, 11) is 0. The van der Waals surface area contributed by atoms with Gasteiger partial charge in [0.1, 0.15) is 17.1 Å². The van der Waals surface area contributed by atoms with Crippen LogP contribution in [0.1, 0.15) is 100 Å². The summed E-state index contributed by atoms with van der Waals surface area (Å²) < 4.78 is 11.4. The van der Waals surface area contributed by atoms with Gasteiger partial charge in [-0.3, -0.25) is 19.7 Å². The van der Waals surface area contributed by atoms with E-state index in [4.69, 9.17) is 9.47 Å². The topological polar surface area (TPSA) is 81.7 Å². The third kappa shape index (κ3) is 9.14. The van der Waals surface area contributed by atoms with Crippen LogP contribution in [0.4, 0.5) is 0 Å². The molecule has 2 aromatic carbocycles. The van der Waals surface area contributed by atoms with Crippen LogP contribution in [0.25, 0.3) is 0 Å². The average molecular weight is 494 g/mol. The van der Waals surface area contributed by atoms with Crippen molar-refractivity contribution in [2.75, 3.05) is 0 Å². The largest absolute Gasteiger partial charge is 0.460 e. The van der Waals surface area contributed by atoms with Gasteiger partial charge in [0.05, 0.1) is 12.0 Å². The monoisotopic (exact) mass is 493 g/mol. The second-order valence-electron chi connectivity index (χ2n) is 10.5. The predicted molar refractivity (Wildman–Crippen MR) is 140 cm³/mol. The molecule has 0 saturated carbocycles. The minimum Gasteiger partial charge on any atom is -0.460 e. The highest BCUT2D eigenvalue weighted by atomic mass is 16.6. The number of nitrogens with one attached hydrogen (secondary N) is 1. The Labute approximate surface area is 214 Å². The van der Waals surface area contributed by atoms with Gasteiger partial charge >= 0.3 is 5.97 Å². The van der Waals surface area contributed by atoms with Gasteiger partial charge in [0.25, 0.3) is 5.91 Å². The lowest BCUT2D eigenvalue weighted by Gasteiger charge is -2.19. The molecule has 0 unspecified atom stereocenters. The smallest absolute Gasteiger partial charge is 0.306 e. The van der Waals surface area contributed by atoms with Gasteiger partial charge in [0.15, 0.2) is 0 Å². The number of imide groups is 1. The van der Waals surface area contributed by atoms with Gasteiger partial charge < -0.3 is 9.47 Å². The van der Waals surface area contributed by atoms with E-state index in [0.717, 1.165) is 32.1 Å². The Morgan fingerprint density at radius 3 is 2.28 bits per heavy atom. The van der Waals surface area contributed by atoms with E-state index in [1.807, 2.05) is 45.0 Å². The number of rotatable bonds is 13. The minimum absolute atomic E-state index is 0.0953. The van der Waals surface area contributed by atoms with Crippen LogP contribution < -0.4 is 10.1 Å². The van der Waals surface area contributed by atoms with Crippen LogP contribution in [-0.2, 0) is 27.2 Å². The molecule has 6 heteroatoms. The summed E-state index contributed by atoms with van der Waals surface area (Å²) in [4.78, 5) is 35.7. The summed E-state index contributed by atoms with van der Waals surface area (Å²) in [5, 5.41) is 2.37. The lowest BCUT2D eigenvalue weighted by molar-refractivity contribution is -0.154. The van der Waals surface area contributed by atoms with Crippen molar-refractivity contribution >= 4 is 17.8 Å². The van der Waals surface area contributed by atoms with E-state index >= 15 is 0 Å². The van der Waals surface area contributed by atoms with Crippen molar-refractivity contribution in [3.63, 3.8) is 0 Å². The van der Waals surface area contributed by atoms with Crippen molar-refractivity contribution in [1.82, 2.24) is 5.32 Å². The lowest BCUT2D eigenvalue weighted by Crippen LogP contribution is -2.37. The Hall–Kier alpha value is -3.15. The van der Waals surface area contributed by atoms with Crippen LogP contribution in [0.2, 0.25) is 0 Å². The zero-order valence-electron chi connectivity index (χ0n) is 21.9. The van der Waals surface area contributed by atoms with E-state index in [1.165, 1.54) is 31.2 Å². The molecule has 0 aliphatic carbocycles. The van der Waals surface area contributed by atoms with E-state index in [-0.39, 0.29) is 18.3 Å². The molecular formula is C30H39NO5. The minimum atomic E-state index is -0.406. The first kappa shape index (κ1) is 27.4. The number of carbonyl (C=O) groups excluding carboxylic acids is 3. The second kappa shape index (κ2) is 13.2. The number of esters is 1. The molecule has 1 N–H and O–H groups in total. The normalized spacial score (nSPS) is 13.2. The Bertz CT molecular complexity index is 1050. The Morgan fingerprint density at radius 2 is 1.56 bits per heavy atom. The van der Waals surface area contributed by atoms with Crippen molar-refractivity contribution in [3.8, 4) is 11.5 Å². The molecule has 2 aromatic rings. The first-order chi connectivity index (χ1) is 17.2. The number of amides is 2. The number of fused-ring (bicyclic) bond motifs is 1. The maximum Gasteiger partial charge on any atom is 0.306 e. The molecule has 3 rings (SSSR count). The first-order valence-electron chi connectivity index (χ1n) is 13.2. The molecule has 1 aliphatic heterocycles. The predicted octanol–water partition coefficient (Wildman–Crippen LogP) is 6.69. The van der Waals surface area contributed by atoms with Crippen molar-refractivity contribution in [3.05, 3.63) is 59.2 Å². The zero-order valence-corrected chi connectivity index (χ0v) is 21.9. The molecule has 1 aliphatic rings. The Balaban J connectivity index is 1.33. The standard InChI is InChI=1S/C30H39NO5/c1-30(2,3)36-27(33)19-11-9-7-5-4-6-8-10-14-22-15-12-17-24(20-22)35-25-18-13-16-23-21-26(32)31-29(34)28(23)25/h12-13,15-18,20H,4-11,14,19,21H2,1-3H3,(H,31,32,34). The Kier molecular flexibility index (Phi) is 10.1. The van der Waals surface area contributed by atoms with Crippen molar-refractivity contribution < 1.29 is 23.9 Å². The zero-order chi connectivity index (χ0) is 26.0. The number of hydrogen-bond donors (Lipinski definition) is 1. The molecule has 0 saturated heterocycles. The third-order valence-electron chi connectivity index (χ3n) is 6.09. The summed E-state index contributed by atoms with van der Waals surface area (Å²) in [6.45, 7) is 5.70. The average Bonchev–Trinajstić information content (AvgIpc) is 2.79. The number of carbonyl (C=O) groups is 3. The van der Waals surface area contributed by atoms with Crippen molar-refractivity contribution in [1.29, 1.82) is 0 Å². The molecule has 0 radical (unpaired) electrons. The van der Waals surface area contributed by atoms with Crippen LogP contribution in [0.3, 0.4) is 0 Å². The number of hydrogen-bond acceptors (Lipinski definition) is 5. The van der Waals surface area contributed by atoms with Gasteiger partial charge in [-0.1, -0.05) is 62.8 Å². The number of aryl methyl sites for hydroxylation is 1. The quantitative estimate of drug-likeness (QED) is 0.191. The van der Waals surface area contributed by atoms with E-state index in [0.29, 0.717) is 29.0 Å².